The quantitative estimate of drug-likeness (QED) is 0.879. The van der Waals surface area contributed by atoms with Gasteiger partial charge in [0, 0.05) is 26.1 Å². The molecule has 0 bridgehead atoms. The number of amides is 1. The highest BCUT2D eigenvalue weighted by molar-refractivity contribution is 5.79. The number of alkyl carbamates (subject to hydrolysis) is 1. The van der Waals surface area contributed by atoms with Crippen LogP contribution in [0.2, 0.25) is 0 Å². The Labute approximate surface area is 147 Å². The normalized spacial score (nSPS) is 17.3. The van der Waals surface area contributed by atoms with Gasteiger partial charge in [0.2, 0.25) is 0 Å². The molecule has 2 aromatic rings. The molecular weight excluding hydrogens is 316 g/mol. The summed E-state index contributed by atoms with van der Waals surface area (Å²) in [5.41, 5.74) is 4.59. The Bertz CT molecular complexity index is 735. The molecule has 25 heavy (non-hydrogen) atoms. The van der Waals surface area contributed by atoms with Gasteiger partial charge in [-0.3, -0.25) is 0 Å². The van der Waals surface area contributed by atoms with Gasteiger partial charge in [0.25, 0.3) is 0 Å². The van der Waals surface area contributed by atoms with Crippen molar-refractivity contribution in [2.45, 2.75) is 11.5 Å². The Kier molecular flexibility index (Phi) is 4.19. The molecule has 0 radical (unpaired) electrons. The molecule has 1 fully saturated rings. The lowest BCUT2D eigenvalue weighted by atomic mass is 9.97. The predicted molar refractivity (Wildman–Crippen MR) is 95.7 cm³/mol. The van der Waals surface area contributed by atoms with Gasteiger partial charge in [-0.1, -0.05) is 48.5 Å². The number of fused-ring (bicyclic) bond motifs is 3. The summed E-state index contributed by atoms with van der Waals surface area (Å²) in [5, 5.41) is 5.98. The zero-order valence-electron chi connectivity index (χ0n) is 14.2. The molecule has 2 aromatic carbocycles. The topological polar surface area (TPSA) is 59.6 Å². The van der Waals surface area contributed by atoms with Crippen LogP contribution in [0.1, 0.15) is 17.0 Å². The first-order valence-electron chi connectivity index (χ1n) is 8.57. The molecule has 1 saturated heterocycles. The van der Waals surface area contributed by atoms with Gasteiger partial charge >= 0.3 is 6.09 Å². The maximum Gasteiger partial charge on any atom is 0.407 e. The Morgan fingerprint density at radius 2 is 1.72 bits per heavy atom. The number of carbonyl (C=O) groups is 1. The number of methoxy groups -OCH3 is 1. The number of hydrogen-bond donors (Lipinski definition) is 2. The van der Waals surface area contributed by atoms with Gasteiger partial charge in [-0.15, -0.1) is 0 Å². The lowest BCUT2D eigenvalue weighted by Gasteiger charge is -2.41. The van der Waals surface area contributed by atoms with E-state index in [4.69, 9.17) is 9.47 Å². The first-order valence-corrected chi connectivity index (χ1v) is 8.57. The van der Waals surface area contributed by atoms with Crippen LogP contribution < -0.4 is 10.6 Å². The second-order valence-electron chi connectivity index (χ2n) is 6.67. The summed E-state index contributed by atoms with van der Waals surface area (Å²) in [6, 6.07) is 16.6. The van der Waals surface area contributed by atoms with E-state index in [1.54, 1.807) is 7.11 Å². The first kappa shape index (κ1) is 16.1. The highest BCUT2D eigenvalue weighted by Crippen LogP contribution is 2.44. The van der Waals surface area contributed by atoms with E-state index in [-0.39, 0.29) is 11.5 Å². The number of benzene rings is 2. The van der Waals surface area contributed by atoms with Crippen molar-refractivity contribution in [1.29, 1.82) is 0 Å². The van der Waals surface area contributed by atoms with Gasteiger partial charge < -0.3 is 20.1 Å². The minimum Gasteiger partial charge on any atom is -0.449 e. The van der Waals surface area contributed by atoms with Crippen LogP contribution in [0.4, 0.5) is 4.79 Å². The van der Waals surface area contributed by atoms with Gasteiger partial charge in [0.05, 0.1) is 6.54 Å². The van der Waals surface area contributed by atoms with E-state index in [0.29, 0.717) is 13.2 Å². The summed E-state index contributed by atoms with van der Waals surface area (Å²) in [4.78, 5) is 12.1. The number of ether oxygens (including phenoxy) is 2. The zero-order valence-corrected chi connectivity index (χ0v) is 14.2. The van der Waals surface area contributed by atoms with Crippen LogP contribution in [-0.2, 0) is 9.47 Å². The molecule has 0 unspecified atom stereocenters. The molecule has 1 heterocycles. The molecule has 2 N–H and O–H groups in total. The Morgan fingerprint density at radius 1 is 1.12 bits per heavy atom. The summed E-state index contributed by atoms with van der Waals surface area (Å²) >= 11 is 0. The van der Waals surface area contributed by atoms with Gasteiger partial charge in [0.1, 0.15) is 12.2 Å². The summed E-state index contributed by atoms with van der Waals surface area (Å²) < 4.78 is 11.0. The summed E-state index contributed by atoms with van der Waals surface area (Å²) in [7, 11) is 1.67. The smallest absolute Gasteiger partial charge is 0.407 e. The zero-order chi connectivity index (χ0) is 17.3. The summed E-state index contributed by atoms with van der Waals surface area (Å²) in [6.45, 7) is 2.27. The van der Waals surface area contributed by atoms with E-state index in [2.05, 4.69) is 34.9 Å². The average Bonchev–Trinajstić information content (AvgIpc) is 2.93. The molecule has 5 nitrogen and oxygen atoms in total. The number of hydrogen-bond acceptors (Lipinski definition) is 4. The van der Waals surface area contributed by atoms with E-state index < -0.39 is 6.09 Å². The van der Waals surface area contributed by atoms with Crippen LogP contribution in [0, 0.1) is 0 Å². The van der Waals surface area contributed by atoms with Crippen molar-refractivity contribution >= 4 is 6.09 Å². The van der Waals surface area contributed by atoms with E-state index in [0.717, 1.165) is 13.1 Å². The monoisotopic (exact) mass is 338 g/mol. The van der Waals surface area contributed by atoms with E-state index >= 15 is 0 Å². The highest BCUT2D eigenvalue weighted by atomic mass is 16.5. The van der Waals surface area contributed by atoms with Crippen LogP contribution in [0.5, 0.6) is 0 Å². The molecule has 1 amide bonds. The van der Waals surface area contributed by atoms with Crippen LogP contribution in [-0.4, -0.2) is 45.0 Å². The Morgan fingerprint density at radius 3 is 2.24 bits per heavy atom. The maximum atomic E-state index is 12.1. The van der Waals surface area contributed by atoms with Crippen molar-refractivity contribution in [3.63, 3.8) is 0 Å². The minimum atomic E-state index is -0.398. The number of nitrogens with one attached hydrogen (secondary N) is 2. The summed E-state index contributed by atoms with van der Waals surface area (Å²) in [5.74, 6) is 0.0832. The Balaban J connectivity index is 1.42. The van der Waals surface area contributed by atoms with Crippen molar-refractivity contribution < 1.29 is 14.3 Å². The Hall–Kier alpha value is -2.37. The predicted octanol–water partition coefficient (Wildman–Crippen LogP) is 2.51. The van der Waals surface area contributed by atoms with Gasteiger partial charge in [0.15, 0.2) is 0 Å². The van der Waals surface area contributed by atoms with Gasteiger partial charge in [-0.25, -0.2) is 4.79 Å². The third kappa shape index (κ3) is 2.90. The largest absolute Gasteiger partial charge is 0.449 e. The van der Waals surface area contributed by atoms with Crippen LogP contribution in [0.15, 0.2) is 48.5 Å². The first-order chi connectivity index (χ1) is 12.2. The molecule has 0 saturated carbocycles. The fourth-order valence-electron chi connectivity index (χ4n) is 3.63. The maximum absolute atomic E-state index is 12.1. The van der Waals surface area contributed by atoms with Crippen molar-refractivity contribution in [1.82, 2.24) is 10.6 Å². The van der Waals surface area contributed by atoms with Crippen LogP contribution in [0.3, 0.4) is 0 Å². The van der Waals surface area contributed by atoms with Gasteiger partial charge in [-0.05, 0) is 22.3 Å². The van der Waals surface area contributed by atoms with Crippen molar-refractivity contribution in [3.8, 4) is 11.1 Å². The van der Waals surface area contributed by atoms with Crippen molar-refractivity contribution in [3.05, 3.63) is 59.7 Å². The third-order valence-corrected chi connectivity index (χ3v) is 5.23. The van der Waals surface area contributed by atoms with Crippen LogP contribution in [0.25, 0.3) is 11.1 Å². The van der Waals surface area contributed by atoms with Crippen molar-refractivity contribution in [2.75, 3.05) is 33.4 Å². The number of rotatable bonds is 5. The molecule has 5 heteroatoms. The van der Waals surface area contributed by atoms with Crippen LogP contribution >= 0.6 is 0 Å². The molecule has 1 aliphatic heterocycles. The average molecular weight is 338 g/mol. The fraction of sp³-hybridized carbons (Fsp3) is 0.350. The molecule has 0 spiro atoms. The molecule has 4 rings (SSSR count). The fourth-order valence-corrected chi connectivity index (χ4v) is 3.63. The van der Waals surface area contributed by atoms with E-state index in [9.17, 15) is 4.79 Å². The van der Waals surface area contributed by atoms with Crippen molar-refractivity contribution in [2.24, 2.45) is 0 Å². The molecule has 0 atom stereocenters. The SMILES string of the molecule is COC1(CNC(=O)OCC2c3ccccc3-c3ccccc32)CNC1. The second kappa shape index (κ2) is 6.50. The lowest BCUT2D eigenvalue weighted by Crippen LogP contribution is -2.65. The molecule has 0 aromatic heterocycles. The lowest BCUT2D eigenvalue weighted by molar-refractivity contribution is -0.0485. The standard InChI is InChI=1S/C20H22N2O3/c1-24-20(11-21-12-20)13-22-19(23)25-10-18-16-8-4-2-6-14(16)15-7-3-5-9-17(15)18/h2-9,18,21H,10-13H2,1H3,(H,22,23). The molecule has 2 aliphatic rings. The highest BCUT2D eigenvalue weighted by Gasteiger charge is 2.37. The van der Waals surface area contributed by atoms with E-state index in [1.165, 1.54) is 22.3 Å². The number of carbonyl (C=O) groups excluding carboxylic acids is 1. The second-order valence-corrected chi connectivity index (χ2v) is 6.67. The third-order valence-electron chi connectivity index (χ3n) is 5.23. The molecular formula is C20H22N2O3. The molecule has 130 valence electrons. The van der Waals surface area contributed by atoms with Gasteiger partial charge in [-0.2, -0.15) is 0 Å². The minimum absolute atomic E-state index is 0.0832. The molecule has 1 aliphatic carbocycles. The van der Waals surface area contributed by atoms with E-state index in [1.807, 2.05) is 24.3 Å². The summed E-state index contributed by atoms with van der Waals surface area (Å²) in [6.07, 6.45) is -0.398.